The highest BCUT2D eigenvalue weighted by Gasteiger charge is 1.98. The second-order valence-electron chi connectivity index (χ2n) is 5.46. The van der Waals surface area contributed by atoms with Crippen molar-refractivity contribution in [2.75, 3.05) is 0 Å². The molecule has 0 radical (unpaired) electrons. The highest BCUT2D eigenvalue weighted by Crippen LogP contribution is 2.07. The Morgan fingerprint density at radius 2 is 1.72 bits per heavy atom. The van der Waals surface area contributed by atoms with Crippen LogP contribution in [0.4, 0.5) is 0 Å². The Labute approximate surface area is 150 Å². The van der Waals surface area contributed by atoms with Crippen LogP contribution in [0.1, 0.15) is 58.3 Å². The molecule has 5 nitrogen and oxygen atoms in total. The van der Waals surface area contributed by atoms with Crippen molar-refractivity contribution in [2.45, 2.75) is 58.3 Å². The van der Waals surface area contributed by atoms with Crippen molar-refractivity contribution in [1.82, 2.24) is 0 Å². The molecule has 0 aliphatic carbocycles. The lowest BCUT2D eigenvalue weighted by Gasteiger charge is -1.99. The molecule has 0 aromatic rings. The molecule has 0 spiro atoms. The van der Waals surface area contributed by atoms with Gasteiger partial charge in [-0.1, -0.05) is 43.4 Å². The molecule has 0 amide bonds. The predicted molar refractivity (Wildman–Crippen MR) is 100 cm³/mol. The number of rotatable bonds is 14. The van der Waals surface area contributed by atoms with Crippen molar-refractivity contribution in [2.24, 2.45) is 0 Å². The number of unbranched alkanes of at least 4 members (excludes halogenated alkanes) is 1. The monoisotopic (exact) mass is 350 g/mol. The smallest absolute Gasteiger partial charge is 0.303 e. The first-order chi connectivity index (χ1) is 12.1. The predicted octanol–water partition coefficient (Wildman–Crippen LogP) is 5.70. The average molecular weight is 350 g/mol. The van der Waals surface area contributed by atoms with Crippen molar-refractivity contribution in [3.63, 3.8) is 0 Å². The maximum absolute atomic E-state index is 10.4. The fourth-order valence-corrected chi connectivity index (χ4v) is 1.92. The van der Waals surface area contributed by atoms with Crippen LogP contribution in [0, 0.1) is 0 Å². The fourth-order valence-electron chi connectivity index (χ4n) is 1.92. The summed E-state index contributed by atoms with van der Waals surface area (Å²) < 4.78 is 0. The molecule has 0 aliphatic rings. The molecule has 0 rings (SSSR count). The lowest BCUT2D eigenvalue weighted by Crippen LogP contribution is -1.94. The number of hydrogen-bond acceptors (Lipinski definition) is 4. The molecule has 3 N–H and O–H groups in total. The maximum atomic E-state index is 10.4. The zero-order chi connectivity index (χ0) is 18.8. The van der Waals surface area contributed by atoms with E-state index in [0.29, 0.717) is 31.4 Å². The van der Waals surface area contributed by atoms with Gasteiger partial charge in [-0.2, -0.15) is 0 Å². The molecule has 0 fully saturated rings. The molecule has 0 aromatic carbocycles. The molecule has 25 heavy (non-hydrogen) atoms. The van der Waals surface area contributed by atoms with Crippen molar-refractivity contribution < 1.29 is 25.2 Å². The van der Waals surface area contributed by atoms with Gasteiger partial charge in [0.1, 0.15) is 5.76 Å². The molecule has 0 saturated heterocycles. The SMILES string of the molecule is CC/C=C\C/C(=C\CC/C=C\C=C/C/C=C(/O)CCCC(=O)O)OO. The van der Waals surface area contributed by atoms with Gasteiger partial charge < -0.3 is 15.1 Å². The van der Waals surface area contributed by atoms with Crippen molar-refractivity contribution in [3.8, 4) is 0 Å². The topological polar surface area (TPSA) is 87.0 Å². The Kier molecular flexibility index (Phi) is 15.1. The zero-order valence-electron chi connectivity index (χ0n) is 14.9. The van der Waals surface area contributed by atoms with E-state index in [1.165, 1.54) is 0 Å². The molecule has 0 heterocycles. The Bertz CT molecular complexity index is 498. The van der Waals surface area contributed by atoms with Gasteiger partial charge in [0.05, 0.1) is 5.76 Å². The lowest BCUT2D eigenvalue weighted by atomic mass is 10.2. The summed E-state index contributed by atoms with van der Waals surface area (Å²) in [4.78, 5) is 14.7. The molecule has 0 saturated carbocycles. The number of aliphatic hydroxyl groups is 1. The minimum Gasteiger partial charge on any atom is -0.513 e. The van der Waals surface area contributed by atoms with Crippen LogP contribution in [-0.2, 0) is 9.68 Å². The van der Waals surface area contributed by atoms with E-state index in [1.807, 2.05) is 42.5 Å². The normalized spacial score (nSPS) is 13.4. The second-order valence-corrected chi connectivity index (χ2v) is 5.46. The standard InChI is InChI=1S/C20H30O5/c1-2-3-9-15-19(25-24)16-11-8-6-4-5-7-10-13-18(21)14-12-17-20(22)23/h3-7,9,13,16,21,24H,2,8,10-12,14-15,17H2,1H3,(H,22,23)/b6-4-,7-5-,9-3-,18-13+,19-16+. The van der Waals surface area contributed by atoms with Crippen LogP contribution in [0.25, 0.3) is 0 Å². The lowest BCUT2D eigenvalue weighted by molar-refractivity contribution is -0.204. The van der Waals surface area contributed by atoms with Crippen LogP contribution in [0.15, 0.2) is 60.1 Å². The second kappa shape index (κ2) is 16.6. The van der Waals surface area contributed by atoms with Gasteiger partial charge >= 0.3 is 5.97 Å². The van der Waals surface area contributed by atoms with Crippen molar-refractivity contribution in [3.05, 3.63) is 60.1 Å². The van der Waals surface area contributed by atoms with Gasteiger partial charge in [-0.25, -0.2) is 5.26 Å². The van der Waals surface area contributed by atoms with E-state index >= 15 is 0 Å². The van der Waals surface area contributed by atoms with Gasteiger partial charge in [0.25, 0.3) is 0 Å². The quantitative estimate of drug-likeness (QED) is 0.0934. The number of carbonyl (C=O) groups is 1. The van der Waals surface area contributed by atoms with Gasteiger partial charge in [-0.05, 0) is 44.3 Å². The number of hydrogen-bond donors (Lipinski definition) is 3. The first kappa shape index (κ1) is 22.7. The van der Waals surface area contributed by atoms with Crippen LogP contribution in [0.2, 0.25) is 0 Å². The van der Waals surface area contributed by atoms with Crippen molar-refractivity contribution in [1.29, 1.82) is 0 Å². The first-order valence-electron chi connectivity index (χ1n) is 8.67. The van der Waals surface area contributed by atoms with Crippen LogP contribution in [-0.4, -0.2) is 21.4 Å². The van der Waals surface area contributed by atoms with Gasteiger partial charge in [0.2, 0.25) is 0 Å². The third-order valence-electron chi connectivity index (χ3n) is 3.24. The van der Waals surface area contributed by atoms with E-state index in [1.54, 1.807) is 6.08 Å². The summed E-state index contributed by atoms with van der Waals surface area (Å²) >= 11 is 0. The minimum atomic E-state index is -0.845. The zero-order valence-corrected chi connectivity index (χ0v) is 14.9. The molecule has 0 atom stereocenters. The summed E-state index contributed by atoms with van der Waals surface area (Å²) in [6.45, 7) is 2.05. The van der Waals surface area contributed by atoms with Gasteiger partial charge in [-0.3, -0.25) is 4.79 Å². The fraction of sp³-hybridized carbons (Fsp3) is 0.450. The molecular formula is C20H30O5. The molecule has 140 valence electrons. The summed E-state index contributed by atoms with van der Waals surface area (Å²) in [7, 11) is 0. The summed E-state index contributed by atoms with van der Waals surface area (Å²) in [6, 6.07) is 0. The van der Waals surface area contributed by atoms with Crippen LogP contribution in [0.5, 0.6) is 0 Å². The highest BCUT2D eigenvalue weighted by atomic mass is 17.1. The van der Waals surface area contributed by atoms with Gasteiger partial charge in [0.15, 0.2) is 0 Å². The number of aliphatic hydroxyl groups excluding tert-OH is 1. The number of carboxylic acids is 1. The summed E-state index contributed by atoms with van der Waals surface area (Å²) in [5.41, 5.74) is 0. The average Bonchev–Trinajstić information content (AvgIpc) is 2.58. The van der Waals surface area contributed by atoms with E-state index in [2.05, 4.69) is 11.8 Å². The van der Waals surface area contributed by atoms with E-state index in [0.717, 1.165) is 19.3 Å². The minimum absolute atomic E-state index is 0.0723. The van der Waals surface area contributed by atoms with E-state index < -0.39 is 5.97 Å². The molecule has 0 aromatic heterocycles. The third-order valence-corrected chi connectivity index (χ3v) is 3.24. The van der Waals surface area contributed by atoms with Crippen LogP contribution >= 0.6 is 0 Å². The largest absolute Gasteiger partial charge is 0.513 e. The highest BCUT2D eigenvalue weighted by molar-refractivity contribution is 5.66. The molecule has 0 bridgehead atoms. The Morgan fingerprint density at radius 3 is 2.40 bits per heavy atom. The van der Waals surface area contributed by atoms with Crippen molar-refractivity contribution >= 4 is 5.97 Å². The first-order valence-corrected chi connectivity index (χ1v) is 8.67. The molecule has 0 unspecified atom stereocenters. The summed E-state index contributed by atoms with van der Waals surface area (Å²) in [6.07, 6.45) is 20.0. The molecule has 5 heteroatoms. The summed E-state index contributed by atoms with van der Waals surface area (Å²) in [5, 5.41) is 26.8. The Balaban J connectivity index is 3.90. The van der Waals surface area contributed by atoms with E-state index in [4.69, 9.17) is 10.4 Å². The number of aliphatic carboxylic acids is 1. The molecule has 0 aliphatic heterocycles. The van der Waals surface area contributed by atoms with E-state index in [9.17, 15) is 9.90 Å². The Hall–Kier alpha value is -2.27. The van der Waals surface area contributed by atoms with Crippen LogP contribution in [0.3, 0.4) is 0 Å². The van der Waals surface area contributed by atoms with E-state index in [-0.39, 0.29) is 12.2 Å². The number of allylic oxidation sites excluding steroid dienone is 9. The Morgan fingerprint density at radius 1 is 0.960 bits per heavy atom. The van der Waals surface area contributed by atoms with Gasteiger partial charge in [0, 0.05) is 19.3 Å². The summed E-state index contributed by atoms with van der Waals surface area (Å²) in [5.74, 6) is -0.0615. The van der Waals surface area contributed by atoms with Gasteiger partial charge in [-0.15, -0.1) is 0 Å². The number of carboxylic acid groups (broad SMARTS) is 1. The van der Waals surface area contributed by atoms with Crippen LogP contribution < -0.4 is 0 Å². The maximum Gasteiger partial charge on any atom is 0.303 e. The third kappa shape index (κ3) is 16.4. The molecular weight excluding hydrogens is 320 g/mol.